The molecule has 0 bridgehead atoms. The lowest BCUT2D eigenvalue weighted by molar-refractivity contribution is -0.129. The van der Waals surface area contributed by atoms with Crippen molar-refractivity contribution in [2.45, 2.75) is 11.3 Å². The molecule has 0 unspecified atom stereocenters. The summed E-state index contributed by atoms with van der Waals surface area (Å²) in [7, 11) is -0.105. The van der Waals surface area contributed by atoms with Crippen LogP contribution in [0.4, 0.5) is 0 Å². The van der Waals surface area contributed by atoms with Crippen LogP contribution < -0.4 is 0 Å². The number of nitrogens with zero attached hydrogens (tertiary/aromatic N) is 4. The van der Waals surface area contributed by atoms with Gasteiger partial charge in [0, 0.05) is 58.9 Å². The molecule has 0 atom stereocenters. The second-order valence-corrected chi connectivity index (χ2v) is 9.69. The van der Waals surface area contributed by atoms with E-state index < -0.39 is 10.0 Å². The van der Waals surface area contributed by atoms with Crippen LogP contribution >= 0.6 is 0 Å². The SMILES string of the molecule is CN(C)C(=O)CN1CCCN(C(=O)c2ccc(S(=O)(=O)N3CCOCC3)cc2)CC1. The van der Waals surface area contributed by atoms with Gasteiger partial charge in [-0.05, 0) is 30.7 Å². The van der Waals surface area contributed by atoms with Gasteiger partial charge in [-0.3, -0.25) is 14.5 Å². The Labute approximate surface area is 178 Å². The maximum atomic E-state index is 12.9. The zero-order valence-corrected chi connectivity index (χ0v) is 18.4. The standard InChI is InChI=1S/C20H30N4O5S/c1-21(2)19(25)16-22-8-3-9-23(11-10-22)20(26)17-4-6-18(7-5-17)30(27,28)24-12-14-29-15-13-24/h4-7H,3,8-16H2,1-2H3. The number of carbonyl (C=O) groups is 2. The van der Waals surface area contributed by atoms with Crippen LogP contribution in [0, 0.1) is 0 Å². The van der Waals surface area contributed by atoms with Gasteiger partial charge in [0.1, 0.15) is 0 Å². The van der Waals surface area contributed by atoms with Crippen LogP contribution in [-0.2, 0) is 19.6 Å². The lowest BCUT2D eigenvalue weighted by atomic mass is 10.2. The molecule has 2 amide bonds. The van der Waals surface area contributed by atoms with Crippen LogP contribution in [0.2, 0.25) is 0 Å². The topological polar surface area (TPSA) is 90.5 Å². The van der Waals surface area contributed by atoms with E-state index in [0.717, 1.165) is 13.0 Å². The molecule has 1 aromatic carbocycles. The molecular formula is C20H30N4O5S. The Morgan fingerprint density at radius 1 is 0.967 bits per heavy atom. The highest BCUT2D eigenvalue weighted by molar-refractivity contribution is 7.89. The highest BCUT2D eigenvalue weighted by Crippen LogP contribution is 2.19. The van der Waals surface area contributed by atoms with E-state index >= 15 is 0 Å². The Balaban J connectivity index is 1.62. The Kier molecular flexibility index (Phi) is 7.45. The number of morpholine rings is 1. The van der Waals surface area contributed by atoms with E-state index in [9.17, 15) is 18.0 Å². The molecule has 0 saturated carbocycles. The normalized spacial score (nSPS) is 19.3. The van der Waals surface area contributed by atoms with Crippen molar-refractivity contribution in [1.29, 1.82) is 0 Å². The Hall–Kier alpha value is -2.01. The van der Waals surface area contributed by atoms with E-state index in [-0.39, 0.29) is 16.7 Å². The zero-order chi connectivity index (χ0) is 21.7. The quantitative estimate of drug-likeness (QED) is 0.640. The summed E-state index contributed by atoms with van der Waals surface area (Å²) in [5.41, 5.74) is 0.466. The molecule has 0 spiro atoms. The molecule has 2 heterocycles. The van der Waals surface area contributed by atoms with Crippen LogP contribution in [0.25, 0.3) is 0 Å². The predicted molar refractivity (Wildman–Crippen MR) is 112 cm³/mol. The summed E-state index contributed by atoms with van der Waals surface area (Å²) in [4.78, 5) is 30.4. The summed E-state index contributed by atoms with van der Waals surface area (Å²) in [5, 5.41) is 0. The first kappa shape index (κ1) is 22.7. The third-order valence-corrected chi connectivity index (χ3v) is 7.36. The lowest BCUT2D eigenvalue weighted by Crippen LogP contribution is -2.40. The zero-order valence-electron chi connectivity index (χ0n) is 17.6. The maximum absolute atomic E-state index is 12.9. The fourth-order valence-electron chi connectivity index (χ4n) is 3.55. The molecule has 0 radical (unpaired) electrons. The second-order valence-electron chi connectivity index (χ2n) is 7.75. The van der Waals surface area contributed by atoms with Crippen LogP contribution in [-0.4, -0.2) is 112 Å². The second kappa shape index (κ2) is 9.86. The van der Waals surface area contributed by atoms with E-state index in [4.69, 9.17) is 4.74 Å². The summed E-state index contributed by atoms with van der Waals surface area (Å²) in [6.07, 6.45) is 0.788. The minimum atomic E-state index is -3.58. The first-order valence-corrected chi connectivity index (χ1v) is 11.6. The van der Waals surface area contributed by atoms with Crippen LogP contribution in [0.5, 0.6) is 0 Å². The molecule has 9 nitrogen and oxygen atoms in total. The average molecular weight is 439 g/mol. The first-order valence-electron chi connectivity index (χ1n) is 10.2. The van der Waals surface area contributed by atoms with Crippen LogP contribution in [0.15, 0.2) is 29.2 Å². The van der Waals surface area contributed by atoms with Crippen molar-refractivity contribution in [1.82, 2.24) is 19.0 Å². The molecule has 10 heteroatoms. The van der Waals surface area contributed by atoms with E-state index in [0.29, 0.717) is 58.0 Å². The van der Waals surface area contributed by atoms with Gasteiger partial charge in [0.25, 0.3) is 5.91 Å². The first-order chi connectivity index (χ1) is 14.3. The number of hydrogen-bond acceptors (Lipinski definition) is 6. The molecule has 2 fully saturated rings. The van der Waals surface area contributed by atoms with Gasteiger partial charge >= 0.3 is 0 Å². The number of sulfonamides is 1. The minimum absolute atomic E-state index is 0.0480. The van der Waals surface area contributed by atoms with E-state index in [1.807, 2.05) is 0 Å². The van der Waals surface area contributed by atoms with Crippen LogP contribution in [0.3, 0.4) is 0 Å². The van der Waals surface area contributed by atoms with Crippen LogP contribution in [0.1, 0.15) is 16.8 Å². The van der Waals surface area contributed by atoms with Crippen molar-refractivity contribution in [3.63, 3.8) is 0 Å². The Morgan fingerprint density at radius 3 is 2.27 bits per heavy atom. The molecule has 2 aliphatic heterocycles. The van der Waals surface area contributed by atoms with E-state index in [2.05, 4.69) is 4.90 Å². The molecule has 30 heavy (non-hydrogen) atoms. The summed E-state index contributed by atoms with van der Waals surface area (Å²) in [5.74, 6) is -0.0713. The van der Waals surface area contributed by atoms with Gasteiger partial charge in [0.2, 0.25) is 15.9 Å². The molecular weight excluding hydrogens is 408 g/mol. The number of carbonyl (C=O) groups excluding carboxylic acids is 2. The lowest BCUT2D eigenvalue weighted by Gasteiger charge is -2.26. The molecule has 0 aromatic heterocycles. The van der Waals surface area contributed by atoms with Crippen molar-refractivity contribution in [3.05, 3.63) is 29.8 Å². The third-order valence-electron chi connectivity index (χ3n) is 5.44. The largest absolute Gasteiger partial charge is 0.379 e. The fourth-order valence-corrected chi connectivity index (χ4v) is 4.96. The summed E-state index contributed by atoms with van der Waals surface area (Å²) in [6.45, 7) is 4.35. The van der Waals surface area contributed by atoms with Gasteiger partial charge in [-0.15, -0.1) is 0 Å². The molecule has 166 valence electrons. The van der Waals surface area contributed by atoms with Gasteiger partial charge in [0.15, 0.2) is 0 Å². The molecule has 1 aromatic rings. The molecule has 3 rings (SSSR count). The summed E-state index contributed by atoms with van der Waals surface area (Å²) < 4.78 is 32.1. The number of ether oxygens (including phenoxy) is 1. The maximum Gasteiger partial charge on any atom is 0.253 e. The number of hydrogen-bond donors (Lipinski definition) is 0. The van der Waals surface area contributed by atoms with Gasteiger partial charge in [-0.25, -0.2) is 8.42 Å². The van der Waals surface area contributed by atoms with Crippen molar-refractivity contribution >= 4 is 21.8 Å². The average Bonchev–Trinajstić information content (AvgIpc) is 2.99. The Bertz CT molecular complexity index is 850. The van der Waals surface area contributed by atoms with Gasteiger partial charge in [-0.2, -0.15) is 4.31 Å². The van der Waals surface area contributed by atoms with E-state index in [1.165, 1.54) is 16.4 Å². The smallest absolute Gasteiger partial charge is 0.253 e. The molecule has 0 N–H and O–H groups in total. The molecule has 2 aliphatic rings. The highest BCUT2D eigenvalue weighted by Gasteiger charge is 2.27. The van der Waals surface area contributed by atoms with Gasteiger partial charge in [0.05, 0.1) is 24.7 Å². The highest BCUT2D eigenvalue weighted by atomic mass is 32.2. The molecule has 2 saturated heterocycles. The minimum Gasteiger partial charge on any atom is -0.379 e. The third kappa shape index (κ3) is 5.37. The predicted octanol–water partition coefficient (Wildman–Crippen LogP) is -0.0564. The summed E-state index contributed by atoms with van der Waals surface area (Å²) >= 11 is 0. The van der Waals surface area contributed by atoms with E-state index in [1.54, 1.807) is 36.0 Å². The number of likely N-dealkylation sites (N-methyl/N-ethyl adjacent to an activating group) is 1. The number of rotatable bonds is 5. The fraction of sp³-hybridized carbons (Fsp3) is 0.600. The van der Waals surface area contributed by atoms with Crippen molar-refractivity contribution in [2.75, 3.05) is 73.1 Å². The molecule has 0 aliphatic carbocycles. The number of benzene rings is 1. The van der Waals surface area contributed by atoms with Crippen molar-refractivity contribution in [2.24, 2.45) is 0 Å². The van der Waals surface area contributed by atoms with Crippen molar-refractivity contribution in [3.8, 4) is 0 Å². The van der Waals surface area contributed by atoms with Gasteiger partial charge in [-0.1, -0.05) is 0 Å². The monoisotopic (exact) mass is 438 g/mol. The van der Waals surface area contributed by atoms with Gasteiger partial charge < -0.3 is 14.5 Å². The number of amides is 2. The summed E-state index contributed by atoms with van der Waals surface area (Å²) in [6, 6.07) is 6.15. The Morgan fingerprint density at radius 2 is 1.63 bits per heavy atom. The van der Waals surface area contributed by atoms with Crippen molar-refractivity contribution < 1.29 is 22.7 Å².